The molecular weight excluding hydrogens is 239 g/mol. The van der Waals surface area contributed by atoms with Crippen LogP contribution < -0.4 is 5.73 Å². The second-order valence-corrected chi connectivity index (χ2v) is 4.82. The van der Waals surface area contributed by atoms with Crippen molar-refractivity contribution in [3.05, 3.63) is 41.5 Å². The second-order valence-electron chi connectivity index (χ2n) is 3.83. The van der Waals surface area contributed by atoms with Gasteiger partial charge in [-0.1, -0.05) is 0 Å². The summed E-state index contributed by atoms with van der Waals surface area (Å²) >= 11 is 1.35. The van der Waals surface area contributed by atoms with E-state index in [1.54, 1.807) is 12.3 Å². The van der Waals surface area contributed by atoms with E-state index in [-0.39, 0.29) is 11.9 Å². The second kappa shape index (κ2) is 4.89. The van der Waals surface area contributed by atoms with Crippen LogP contribution in [0.5, 0.6) is 0 Å². The molecule has 17 heavy (non-hydrogen) atoms. The van der Waals surface area contributed by atoms with Crippen molar-refractivity contribution in [2.75, 3.05) is 0 Å². The fourth-order valence-electron chi connectivity index (χ4n) is 1.44. The van der Waals surface area contributed by atoms with Crippen molar-refractivity contribution in [3.63, 3.8) is 0 Å². The summed E-state index contributed by atoms with van der Waals surface area (Å²) in [6, 6.07) is 4.31. The molecule has 2 aromatic rings. The first-order chi connectivity index (χ1) is 8.06. The van der Waals surface area contributed by atoms with Crippen LogP contribution in [0.25, 0.3) is 0 Å². The number of halogens is 1. The molecule has 0 saturated heterocycles. The number of aromatic nitrogens is 1. The molecule has 0 radical (unpaired) electrons. The molecule has 1 heterocycles. The van der Waals surface area contributed by atoms with Gasteiger partial charge < -0.3 is 10.2 Å². The third kappa shape index (κ3) is 2.87. The van der Waals surface area contributed by atoms with Crippen LogP contribution in [0, 0.1) is 12.7 Å². The normalized spacial score (nSPS) is 12.7. The van der Waals surface area contributed by atoms with E-state index in [4.69, 9.17) is 10.2 Å². The van der Waals surface area contributed by atoms with Crippen LogP contribution in [0.3, 0.4) is 0 Å². The quantitative estimate of drug-likeness (QED) is 0.910. The summed E-state index contributed by atoms with van der Waals surface area (Å²) in [6.07, 6.45) is 1.58. The molecule has 0 amide bonds. The van der Waals surface area contributed by atoms with Crippen molar-refractivity contribution in [2.45, 2.75) is 30.0 Å². The number of hydrogen-bond acceptors (Lipinski definition) is 4. The maximum atomic E-state index is 13.1. The lowest BCUT2D eigenvalue weighted by atomic mass is 10.1. The van der Waals surface area contributed by atoms with Gasteiger partial charge in [0.25, 0.3) is 5.22 Å². The number of oxazole rings is 1. The van der Waals surface area contributed by atoms with E-state index in [1.165, 1.54) is 23.9 Å². The number of benzene rings is 1. The molecule has 1 aromatic carbocycles. The van der Waals surface area contributed by atoms with Gasteiger partial charge in [0.2, 0.25) is 0 Å². The van der Waals surface area contributed by atoms with Gasteiger partial charge >= 0.3 is 0 Å². The molecule has 90 valence electrons. The van der Waals surface area contributed by atoms with E-state index >= 15 is 0 Å². The zero-order valence-electron chi connectivity index (χ0n) is 9.61. The van der Waals surface area contributed by atoms with Gasteiger partial charge in [0.05, 0.1) is 5.69 Å². The predicted molar refractivity (Wildman–Crippen MR) is 64.4 cm³/mol. The highest BCUT2D eigenvalue weighted by molar-refractivity contribution is 7.99. The Morgan fingerprint density at radius 3 is 2.82 bits per heavy atom. The summed E-state index contributed by atoms with van der Waals surface area (Å²) < 4.78 is 18.4. The van der Waals surface area contributed by atoms with Crippen molar-refractivity contribution >= 4 is 11.8 Å². The van der Waals surface area contributed by atoms with Crippen molar-refractivity contribution in [3.8, 4) is 0 Å². The molecule has 0 aliphatic heterocycles. The van der Waals surface area contributed by atoms with E-state index in [2.05, 4.69) is 4.98 Å². The topological polar surface area (TPSA) is 52.0 Å². The first-order valence-electron chi connectivity index (χ1n) is 5.21. The fraction of sp³-hybridized carbons (Fsp3) is 0.250. The van der Waals surface area contributed by atoms with Gasteiger partial charge in [0.1, 0.15) is 12.1 Å². The molecule has 2 N–H and O–H groups in total. The van der Waals surface area contributed by atoms with Crippen LogP contribution in [0.1, 0.15) is 24.2 Å². The maximum Gasteiger partial charge on any atom is 0.260 e. The number of hydrogen-bond donors (Lipinski definition) is 1. The lowest BCUT2D eigenvalue weighted by molar-refractivity contribution is 0.454. The zero-order valence-corrected chi connectivity index (χ0v) is 10.4. The molecule has 0 fully saturated rings. The van der Waals surface area contributed by atoms with Gasteiger partial charge in [-0.15, -0.1) is 0 Å². The van der Waals surface area contributed by atoms with Crippen molar-refractivity contribution in [2.24, 2.45) is 5.73 Å². The molecular formula is C12H13FN2OS. The predicted octanol–water partition coefficient (Wildman–Crippen LogP) is 3.29. The van der Waals surface area contributed by atoms with E-state index < -0.39 is 0 Å². The molecule has 0 aliphatic rings. The Bertz CT molecular complexity index is 525. The average Bonchev–Trinajstić information content (AvgIpc) is 2.66. The Morgan fingerprint density at radius 1 is 1.47 bits per heavy atom. The molecule has 1 unspecified atom stereocenters. The summed E-state index contributed by atoms with van der Waals surface area (Å²) in [6.45, 7) is 3.67. The SMILES string of the molecule is Cc1coc(Sc2ccc(F)cc2C(C)N)n1. The average molecular weight is 252 g/mol. The Morgan fingerprint density at radius 2 is 2.24 bits per heavy atom. The highest BCUT2D eigenvalue weighted by Gasteiger charge is 2.12. The Balaban J connectivity index is 2.32. The van der Waals surface area contributed by atoms with E-state index in [1.807, 2.05) is 13.8 Å². The molecule has 0 bridgehead atoms. The highest BCUT2D eigenvalue weighted by Crippen LogP contribution is 2.32. The number of nitrogens with zero attached hydrogens (tertiary/aromatic N) is 1. The van der Waals surface area contributed by atoms with Crippen LogP contribution in [-0.2, 0) is 0 Å². The van der Waals surface area contributed by atoms with Crippen molar-refractivity contribution in [1.82, 2.24) is 4.98 Å². The Labute approximate surface area is 103 Å². The van der Waals surface area contributed by atoms with Gasteiger partial charge in [0.15, 0.2) is 0 Å². The van der Waals surface area contributed by atoms with Gasteiger partial charge in [-0.05, 0) is 49.4 Å². The zero-order chi connectivity index (χ0) is 12.4. The lowest BCUT2D eigenvalue weighted by Crippen LogP contribution is -2.06. The van der Waals surface area contributed by atoms with E-state index in [0.29, 0.717) is 5.22 Å². The van der Waals surface area contributed by atoms with Gasteiger partial charge in [-0.25, -0.2) is 9.37 Å². The van der Waals surface area contributed by atoms with Crippen molar-refractivity contribution < 1.29 is 8.81 Å². The summed E-state index contributed by atoms with van der Waals surface area (Å²) in [4.78, 5) is 5.05. The molecule has 5 heteroatoms. The van der Waals surface area contributed by atoms with Crippen LogP contribution in [0.4, 0.5) is 4.39 Å². The van der Waals surface area contributed by atoms with Crippen LogP contribution in [0.2, 0.25) is 0 Å². The summed E-state index contributed by atoms with van der Waals surface area (Å²) in [5, 5.41) is 0.538. The summed E-state index contributed by atoms with van der Waals surface area (Å²) in [5.74, 6) is -0.287. The number of nitrogens with two attached hydrogens (primary N) is 1. The molecule has 2 rings (SSSR count). The maximum absolute atomic E-state index is 13.1. The molecule has 1 aromatic heterocycles. The lowest BCUT2D eigenvalue weighted by Gasteiger charge is -2.10. The van der Waals surface area contributed by atoms with E-state index in [0.717, 1.165) is 16.2 Å². The fourth-order valence-corrected chi connectivity index (χ4v) is 2.41. The molecule has 0 spiro atoms. The first kappa shape index (κ1) is 12.1. The first-order valence-corrected chi connectivity index (χ1v) is 6.03. The van der Waals surface area contributed by atoms with Gasteiger partial charge in [0, 0.05) is 10.9 Å². The Kier molecular flexibility index (Phi) is 3.49. The van der Waals surface area contributed by atoms with Gasteiger partial charge in [-0.2, -0.15) is 0 Å². The summed E-state index contributed by atoms with van der Waals surface area (Å²) in [5.41, 5.74) is 7.38. The minimum absolute atomic E-state index is 0.232. The Hall–Kier alpha value is -1.33. The molecule has 0 aliphatic carbocycles. The number of aryl methyl sites for hydroxylation is 1. The van der Waals surface area contributed by atoms with Crippen LogP contribution in [0.15, 0.2) is 39.0 Å². The summed E-state index contributed by atoms with van der Waals surface area (Å²) in [7, 11) is 0. The minimum Gasteiger partial charge on any atom is -0.439 e. The van der Waals surface area contributed by atoms with Crippen molar-refractivity contribution in [1.29, 1.82) is 0 Å². The monoisotopic (exact) mass is 252 g/mol. The molecule has 3 nitrogen and oxygen atoms in total. The highest BCUT2D eigenvalue weighted by atomic mass is 32.2. The standard InChI is InChI=1S/C12H13FN2OS/c1-7-6-16-12(15-7)17-11-4-3-9(13)5-10(11)8(2)14/h3-6,8H,14H2,1-2H3. The third-order valence-corrected chi connectivity index (χ3v) is 3.21. The largest absolute Gasteiger partial charge is 0.439 e. The van der Waals surface area contributed by atoms with Crippen LogP contribution in [-0.4, -0.2) is 4.98 Å². The van der Waals surface area contributed by atoms with Crippen LogP contribution >= 0.6 is 11.8 Å². The van der Waals surface area contributed by atoms with E-state index in [9.17, 15) is 4.39 Å². The number of rotatable bonds is 3. The molecule has 1 atom stereocenters. The minimum atomic E-state index is -0.287. The smallest absolute Gasteiger partial charge is 0.260 e. The van der Waals surface area contributed by atoms with Gasteiger partial charge in [-0.3, -0.25) is 0 Å². The third-order valence-electron chi connectivity index (χ3n) is 2.26. The molecule has 0 saturated carbocycles.